The van der Waals surface area contributed by atoms with Crippen LogP contribution in [-0.2, 0) is 6.42 Å². The Morgan fingerprint density at radius 2 is 2.00 bits per heavy atom. The monoisotopic (exact) mass is 305 g/mol. The summed E-state index contributed by atoms with van der Waals surface area (Å²) in [6.07, 6.45) is 1.99. The van der Waals surface area contributed by atoms with Gasteiger partial charge in [0.2, 0.25) is 0 Å². The maximum absolute atomic E-state index is 13.2. The fourth-order valence-electron chi connectivity index (χ4n) is 2.47. The summed E-state index contributed by atoms with van der Waals surface area (Å²) in [6.45, 7) is 0. The molecule has 1 atom stereocenters. The van der Waals surface area contributed by atoms with Gasteiger partial charge in [-0.2, -0.15) is 0 Å². The predicted octanol–water partition coefficient (Wildman–Crippen LogP) is 4.69. The van der Waals surface area contributed by atoms with Gasteiger partial charge in [-0.15, -0.1) is 0 Å². The van der Waals surface area contributed by atoms with Gasteiger partial charge < -0.3 is 5.32 Å². The molecule has 92 valence electrons. The van der Waals surface area contributed by atoms with Gasteiger partial charge in [0.05, 0.1) is 6.04 Å². The highest BCUT2D eigenvalue weighted by molar-refractivity contribution is 9.10. The molecule has 0 aliphatic carbocycles. The summed E-state index contributed by atoms with van der Waals surface area (Å²) in [7, 11) is 0. The molecule has 0 fully saturated rings. The first-order valence-electron chi connectivity index (χ1n) is 6.03. The number of fused-ring (bicyclic) bond motifs is 1. The van der Waals surface area contributed by atoms with Crippen molar-refractivity contribution in [3.8, 4) is 0 Å². The molecule has 2 aromatic rings. The Bertz CT molecular complexity index is 582. The first-order chi connectivity index (χ1) is 8.74. The van der Waals surface area contributed by atoms with Crippen molar-refractivity contribution in [3.63, 3.8) is 0 Å². The minimum atomic E-state index is -0.172. The highest BCUT2D eigenvalue weighted by Gasteiger charge is 2.20. The van der Waals surface area contributed by atoms with Gasteiger partial charge in [0.15, 0.2) is 0 Å². The van der Waals surface area contributed by atoms with Crippen LogP contribution >= 0.6 is 15.9 Å². The maximum Gasteiger partial charge on any atom is 0.123 e. The fourth-order valence-corrected chi connectivity index (χ4v) is 3.03. The normalized spacial score (nSPS) is 18.0. The summed E-state index contributed by atoms with van der Waals surface area (Å²) in [5.74, 6) is -0.172. The second kappa shape index (κ2) is 4.73. The zero-order valence-electron chi connectivity index (χ0n) is 9.79. The van der Waals surface area contributed by atoms with Gasteiger partial charge in [-0.05, 0) is 48.2 Å². The first-order valence-corrected chi connectivity index (χ1v) is 6.83. The average Bonchev–Trinajstić information content (AvgIpc) is 2.39. The summed E-state index contributed by atoms with van der Waals surface area (Å²) >= 11 is 3.57. The van der Waals surface area contributed by atoms with Crippen LogP contribution in [0.1, 0.15) is 23.6 Å². The predicted molar refractivity (Wildman–Crippen MR) is 75.2 cm³/mol. The molecule has 0 aromatic heterocycles. The highest BCUT2D eigenvalue weighted by atomic mass is 79.9. The molecular formula is C15H13BrFN. The molecule has 1 aliphatic rings. The van der Waals surface area contributed by atoms with Crippen LogP contribution in [0.3, 0.4) is 0 Å². The minimum Gasteiger partial charge on any atom is -0.378 e. The molecule has 1 nitrogen and oxygen atoms in total. The summed E-state index contributed by atoms with van der Waals surface area (Å²) in [5, 5.41) is 3.48. The van der Waals surface area contributed by atoms with E-state index in [-0.39, 0.29) is 11.9 Å². The quantitative estimate of drug-likeness (QED) is 0.806. The molecule has 0 saturated heterocycles. The van der Waals surface area contributed by atoms with Crippen molar-refractivity contribution >= 4 is 21.6 Å². The van der Waals surface area contributed by atoms with Gasteiger partial charge in [0.1, 0.15) is 5.82 Å². The molecule has 0 amide bonds. The Labute approximate surface area is 114 Å². The molecule has 1 N–H and O–H groups in total. The lowest BCUT2D eigenvalue weighted by Gasteiger charge is -2.28. The third-order valence-electron chi connectivity index (χ3n) is 3.38. The van der Waals surface area contributed by atoms with Crippen LogP contribution in [0.15, 0.2) is 46.9 Å². The van der Waals surface area contributed by atoms with E-state index in [4.69, 9.17) is 0 Å². The molecule has 3 heteroatoms. The van der Waals surface area contributed by atoms with Crippen LogP contribution < -0.4 is 5.32 Å². The Morgan fingerprint density at radius 1 is 1.17 bits per heavy atom. The molecule has 0 spiro atoms. The topological polar surface area (TPSA) is 12.0 Å². The van der Waals surface area contributed by atoms with Crippen LogP contribution in [-0.4, -0.2) is 0 Å². The second-order valence-corrected chi connectivity index (χ2v) is 5.41. The van der Waals surface area contributed by atoms with E-state index in [1.54, 1.807) is 12.1 Å². The smallest absolute Gasteiger partial charge is 0.123 e. The third-order valence-corrected chi connectivity index (χ3v) is 4.13. The van der Waals surface area contributed by atoms with Crippen molar-refractivity contribution in [3.05, 3.63) is 63.9 Å². The van der Waals surface area contributed by atoms with Gasteiger partial charge in [-0.25, -0.2) is 4.39 Å². The number of anilines is 1. The maximum atomic E-state index is 13.2. The number of hydrogen-bond donors (Lipinski definition) is 1. The number of halogens is 2. The third kappa shape index (κ3) is 2.15. The molecule has 1 unspecified atom stereocenters. The van der Waals surface area contributed by atoms with Crippen molar-refractivity contribution in [2.75, 3.05) is 5.32 Å². The molecular weight excluding hydrogens is 293 g/mol. The number of hydrogen-bond acceptors (Lipinski definition) is 1. The SMILES string of the molecule is Fc1cccc(C2CCc3c(Br)cccc3N2)c1. The number of rotatable bonds is 1. The molecule has 3 rings (SSSR count). The van der Waals surface area contributed by atoms with Crippen LogP contribution in [0.25, 0.3) is 0 Å². The van der Waals surface area contributed by atoms with Crippen LogP contribution in [0.2, 0.25) is 0 Å². The molecule has 1 heterocycles. The Balaban J connectivity index is 1.91. The average molecular weight is 306 g/mol. The van der Waals surface area contributed by atoms with Crippen molar-refractivity contribution in [2.24, 2.45) is 0 Å². The van der Waals surface area contributed by atoms with E-state index >= 15 is 0 Å². The van der Waals surface area contributed by atoms with E-state index in [1.807, 2.05) is 12.1 Å². The van der Waals surface area contributed by atoms with Crippen LogP contribution in [0.5, 0.6) is 0 Å². The summed E-state index contributed by atoms with van der Waals surface area (Å²) in [4.78, 5) is 0. The van der Waals surface area contributed by atoms with E-state index in [0.29, 0.717) is 0 Å². The van der Waals surface area contributed by atoms with Crippen LogP contribution in [0.4, 0.5) is 10.1 Å². The van der Waals surface area contributed by atoms with Crippen molar-refractivity contribution in [2.45, 2.75) is 18.9 Å². The van der Waals surface area contributed by atoms with Gasteiger partial charge in [-0.1, -0.05) is 34.1 Å². The zero-order valence-corrected chi connectivity index (χ0v) is 11.4. The molecule has 0 radical (unpaired) electrons. The van der Waals surface area contributed by atoms with Gasteiger partial charge in [-0.3, -0.25) is 0 Å². The van der Waals surface area contributed by atoms with Crippen molar-refractivity contribution < 1.29 is 4.39 Å². The Hall–Kier alpha value is -1.35. The first kappa shape index (κ1) is 11.7. The Morgan fingerprint density at radius 3 is 2.83 bits per heavy atom. The standard InChI is InChI=1S/C15H13BrFN/c16-13-5-2-6-15-12(13)7-8-14(18-15)10-3-1-4-11(17)9-10/h1-6,9,14,18H,7-8H2. The molecule has 1 aliphatic heterocycles. The second-order valence-electron chi connectivity index (χ2n) is 4.56. The summed E-state index contributed by atoms with van der Waals surface area (Å²) in [6, 6.07) is 13.2. The Kier molecular flexibility index (Phi) is 3.08. The lowest BCUT2D eigenvalue weighted by molar-refractivity contribution is 0.614. The zero-order chi connectivity index (χ0) is 12.5. The van der Waals surface area contributed by atoms with Crippen molar-refractivity contribution in [1.29, 1.82) is 0 Å². The lowest BCUT2D eigenvalue weighted by Crippen LogP contribution is -2.18. The highest BCUT2D eigenvalue weighted by Crippen LogP contribution is 2.36. The number of benzene rings is 2. The van der Waals surface area contributed by atoms with E-state index < -0.39 is 0 Å². The molecule has 0 saturated carbocycles. The van der Waals surface area contributed by atoms with E-state index in [0.717, 1.165) is 28.6 Å². The summed E-state index contributed by atoms with van der Waals surface area (Å²) < 4.78 is 14.4. The van der Waals surface area contributed by atoms with Gasteiger partial charge in [0.25, 0.3) is 0 Å². The van der Waals surface area contributed by atoms with Crippen molar-refractivity contribution in [1.82, 2.24) is 0 Å². The lowest BCUT2D eigenvalue weighted by atomic mass is 9.93. The van der Waals surface area contributed by atoms with E-state index in [1.165, 1.54) is 11.6 Å². The fraction of sp³-hybridized carbons (Fsp3) is 0.200. The van der Waals surface area contributed by atoms with E-state index in [9.17, 15) is 4.39 Å². The van der Waals surface area contributed by atoms with E-state index in [2.05, 4.69) is 33.4 Å². The van der Waals surface area contributed by atoms with Gasteiger partial charge in [0, 0.05) is 10.2 Å². The molecule has 18 heavy (non-hydrogen) atoms. The largest absolute Gasteiger partial charge is 0.378 e. The molecule has 2 aromatic carbocycles. The molecule has 0 bridgehead atoms. The van der Waals surface area contributed by atoms with Crippen LogP contribution in [0, 0.1) is 5.82 Å². The summed E-state index contributed by atoms with van der Waals surface area (Å²) in [5.41, 5.74) is 3.47. The van der Waals surface area contributed by atoms with Gasteiger partial charge >= 0.3 is 0 Å². The minimum absolute atomic E-state index is 0.172. The number of nitrogens with one attached hydrogen (secondary N) is 1.